The van der Waals surface area contributed by atoms with Crippen LogP contribution in [0.25, 0.3) is 0 Å². The lowest BCUT2D eigenvalue weighted by Gasteiger charge is -2.51. The van der Waals surface area contributed by atoms with Crippen LogP contribution in [0, 0.1) is 11.8 Å². The Bertz CT molecular complexity index is 1010. The van der Waals surface area contributed by atoms with E-state index in [0.717, 1.165) is 68.3 Å². The number of urea groups is 1. The first-order valence-corrected chi connectivity index (χ1v) is 13.2. The molecule has 4 unspecified atom stereocenters. The van der Waals surface area contributed by atoms with E-state index in [1.807, 2.05) is 36.4 Å². The third-order valence-electron chi connectivity index (χ3n) is 8.15. The van der Waals surface area contributed by atoms with E-state index in [4.69, 9.17) is 9.47 Å². The molecular formula is C28H39N5O3. The van der Waals surface area contributed by atoms with E-state index in [-0.39, 0.29) is 6.03 Å². The van der Waals surface area contributed by atoms with Crippen LogP contribution in [0.3, 0.4) is 0 Å². The van der Waals surface area contributed by atoms with E-state index in [2.05, 4.69) is 37.5 Å². The van der Waals surface area contributed by atoms with E-state index in [1.54, 1.807) is 14.2 Å². The Labute approximate surface area is 214 Å². The van der Waals surface area contributed by atoms with Crippen LogP contribution in [0.2, 0.25) is 0 Å². The summed E-state index contributed by atoms with van der Waals surface area (Å²) >= 11 is 0. The van der Waals surface area contributed by atoms with Crippen LogP contribution in [0.15, 0.2) is 48.5 Å². The Morgan fingerprint density at radius 3 is 2.44 bits per heavy atom. The lowest BCUT2D eigenvalue weighted by molar-refractivity contribution is -0.0114. The molecule has 4 aliphatic rings. The molecule has 194 valence electrons. The van der Waals surface area contributed by atoms with E-state index < -0.39 is 0 Å². The molecule has 2 aromatic rings. The number of nitrogens with zero attached hydrogens (tertiary/aromatic N) is 3. The van der Waals surface area contributed by atoms with Gasteiger partial charge in [-0.2, -0.15) is 0 Å². The smallest absolute Gasteiger partial charge is 0.319 e. The molecule has 8 nitrogen and oxygen atoms in total. The quantitative estimate of drug-likeness (QED) is 0.588. The molecule has 2 amide bonds. The fraction of sp³-hybridized carbons (Fsp3) is 0.536. The Kier molecular flexibility index (Phi) is 7.82. The number of fused-ring (bicyclic) bond motifs is 3. The average molecular weight is 494 g/mol. The number of hydrogen-bond donors (Lipinski definition) is 2. The van der Waals surface area contributed by atoms with Crippen LogP contribution in [-0.4, -0.2) is 88.5 Å². The van der Waals surface area contributed by atoms with E-state index in [1.165, 1.54) is 25.1 Å². The first-order valence-electron chi connectivity index (χ1n) is 13.2. The molecular weight excluding hydrogens is 454 g/mol. The Balaban J connectivity index is 1.06. The molecule has 4 saturated heterocycles. The number of piperazine rings is 1. The SMILES string of the molecule is COc1ccc(NC(=O)NCC2CC3CCN2CC3CN2CCN(c3ccccc3OC)CC2)cc1. The minimum absolute atomic E-state index is 0.146. The van der Waals surface area contributed by atoms with Crippen LogP contribution in [0.1, 0.15) is 12.8 Å². The van der Waals surface area contributed by atoms with Crippen molar-refractivity contribution < 1.29 is 14.3 Å². The molecule has 0 radical (unpaired) electrons. The topological polar surface area (TPSA) is 69.3 Å². The van der Waals surface area contributed by atoms with E-state index in [9.17, 15) is 4.79 Å². The zero-order valence-corrected chi connectivity index (χ0v) is 21.5. The van der Waals surface area contributed by atoms with Crippen LogP contribution < -0.4 is 25.0 Å². The van der Waals surface area contributed by atoms with Crippen molar-refractivity contribution >= 4 is 17.4 Å². The first-order chi connectivity index (χ1) is 17.6. The van der Waals surface area contributed by atoms with Gasteiger partial charge in [-0.05, 0) is 67.6 Å². The normalized spacial score (nSPS) is 25.9. The number of para-hydroxylation sites is 2. The summed E-state index contributed by atoms with van der Waals surface area (Å²) in [5.74, 6) is 3.21. The number of ether oxygens (including phenoxy) is 2. The van der Waals surface area contributed by atoms with Crippen molar-refractivity contribution in [3.63, 3.8) is 0 Å². The number of nitrogens with one attached hydrogen (secondary N) is 2. The highest BCUT2D eigenvalue weighted by atomic mass is 16.5. The highest BCUT2D eigenvalue weighted by molar-refractivity contribution is 5.89. The molecule has 2 aromatic carbocycles. The van der Waals surface area contributed by atoms with Gasteiger partial charge in [-0.3, -0.25) is 9.80 Å². The monoisotopic (exact) mass is 493 g/mol. The van der Waals surface area contributed by atoms with Crippen LogP contribution in [-0.2, 0) is 0 Å². The maximum atomic E-state index is 12.4. The molecule has 0 aromatic heterocycles. The maximum Gasteiger partial charge on any atom is 0.319 e. The first kappa shape index (κ1) is 24.7. The molecule has 2 N–H and O–H groups in total. The number of carbonyl (C=O) groups excluding carboxylic acids is 1. The molecule has 36 heavy (non-hydrogen) atoms. The fourth-order valence-corrected chi connectivity index (χ4v) is 6.12. The van der Waals surface area contributed by atoms with Crippen molar-refractivity contribution in [1.82, 2.24) is 15.1 Å². The number of benzene rings is 2. The van der Waals surface area contributed by atoms with Gasteiger partial charge in [-0.15, -0.1) is 0 Å². The summed E-state index contributed by atoms with van der Waals surface area (Å²) < 4.78 is 10.7. The second-order valence-corrected chi connectivity index (χ2v) is 10.2. The fourth-order valence-electron chi connectivity index (χ4n) is 6.12. The van der Waals surface area contributed by atoms with Gasteiger partial charge in [0.1, 0.15) is 11.5 Å². The number of carbonyl (C=O) groups is 1. The van der Waals surface area contributed by atoms with Crippen LogP contribution in [0.5, 0.6) is 11.5 Å². The van der Waals surface area contributed by atoms with Crippen LogP contribution in [0.4, 0.5) is 16.2 Å². The lowest BCUT2D eigenvalue weighted by atomic mass is 9.75. The molecule has 8 heteroatoms. The molecule has 0 spiro atoms. The van der Waals surface area contributed by atoms with Crippen molar-refractivity contribution in [2.24, 2.45) is 11.8 Å². The van der Waals surface area contributed by atoms with Gasteiger partial charge in [0.25, 0.3) is 0 Å². The summed E-state index contributed by atoms with van der Waals surface area (Å²) in [7, 11) is 3.38. The summed E-state index contributed by atoms with van der Waals surface area (Å²) in [4.78, 5) is 20.1. The summed E-state index contributed by atoms with van der Waals surface area (Å²) in [6.45, 7) is 8.44. The minimum atomic E-state index is -0.146. The van der Waals surface area contributed by atoms with Crippen molar-refractivity contribution in [3.05, 3.63) is 48.5 Å². The molecule has 4 fully saturated rings. The predicted molar refractivity (Wildman–Crippen MR) is 143 cm³/mol. The zero-order valence-electron chi connectivity index (χ0n) is 21.5. The number of hydrogen-bond acceptors (Lipinski definition) is 6. The molecule has 0 saturated carbocycles. The second kappa shape index (κ2) is 11.4. The van der Waals surface area contributed by atoms with Crippen LogP contribution >= 0.6 is 0 Å². The minimum Gasteiger partial charge on any atom is -0.497 e. The van der Waals surface area contributed by atoms with Gasteiger partial charge < -0.3 is 25.0 Å². The van der Waals surface area contributed by atoms with Gasteiger partial charge >= 0.3 is 6.03 Å². The van der Waals surface area contributed by atoms with Crippen molar-refractivity contribution in [1.29, 1.82) is 0 Å². The summed E-state index contributed by atoms with van der Waals surface area (Å²) in [6, 6.07) is 16.0. The standard InChI is InChI=1S/C28H39N5O3/c1-35-25-9-7-23(8-10-25)30-28(34)29-18-24-17-21-11-12-33(24)20-22(21)19-31-13-15-32(16-14-31)26-5-3-4-6-27(26)36-2/h3-10,21-22,24H,11-20H2,1-2H3,(H2,29,30,34). The van der Waals surface area contributed by atoms with Crippen molar-refractivity contribution in [3.8, 4) is 11.5 Å². The van der Waals surface area contributed by atoms with E-state index >= 15 is 0 Å². The molecule has 0 aliphatic carbocycles. The van der Waals surface area contributed by atoms with Gasteiger partial charge in [-0.1, -0.05) is 12.1 Å². The molecule has 4 atom stereocenters. The highest BCUT2D eigenvalue weighted by Crippen LogP contribution is 2.37. The molecule has 6 rings (SSSR count). The maximum absolute atomic E-state index is 12.4. The Hall–Kier alpha value is -2.97. The average Bonchev–Trinajstić information content (AvgIpc) is 2.93. The van der Waals surface area contributed by atoms with Gasteiger partial charge in [0.2, 0.25) is 0 Å². The summed E-state index contributed by atoms with van der Waals surface area (Å²) in [5.41, 5.74) is 1.97. The van der Waals surface area contributed by atoms with Gasteiger partial charge in [-0.25, -0.2) is 4.79 Å². The van der Waals surface area contributed by atoms with Gasteiger partial charge in [0, 0.05) is 57.5 Å². The second-order valence-electron chi connectivity index (χ2n) is 10.2. The lowest BCUT2D eigenvalue weighted by Crippen LogP contribution is -2.59. The number of anilines is 2. The predicted octanol–water partition coefficient (Wildman–Crippen LogP) is 3.36. The Morgan fingerprint density at radius 2 is 1.75 bits per heavy atom. The van der Waals surface area contributed by atoms with Crippen molar-refractivity contribution in [2.75, 3.05) is 76.8 Å². The summed E-state index contributed by atoms with van der Waals surface area (Å²) in [6.07, 6.45) is 2.45. The third-order valence-corrected chi connectivity index (χ3v) is 8.15. The summed E-state index contributed by atoms with van der Waals surface area (Å²) in [5, 5.41) is 6.01. The third kappa shape index (κ3) is 5.71. The number of piperidine rings is 3. The van der Waals surface area contributed by atoms with E-state index in [0.29, 0.717) is 12.6 Å². The zero-order chi connectivity index (χ0) is 24.9. The molecule has 4 heterocycles. The molecule has 4 aliphatic heterocycles. The Morgan fingerprint density at radius 1 is 0.972 bits per heavy atom. The van der Waals surface area contributed by atoms with Gasteiger partial charge in [0.05, 0.1) is 19.9 Å². The largest absolute Gasteiger partial charge is 0.497 e. The number of rotatable bonds is 8. The number of amides is 2. The molecule has 2 bridgehead atoms. The number of methoxy groups -OCH3 is 2. The van der Waals surface area contributed by atoms with Crippen molar-refractivity contribution in [2.45, 2.75) is 18.9 Å². The highest BCUT2D eigenvalue weighted by Gasteiger charge is 2.40. The van der Waals surface area contributed by atoms with Gasteiger partial charge in [0.15, 0.2) is 0 Å².